The standard InChI is InChI=1S/C10H12I2/c1-7-5-9(8(2)6-11)3-4-10(7)12/h3-5,8H,6H2,1-2H3. The molecule has 0 radical (unpaired) electrons. The second-order valence-corrected chi connectivity index (χ2v) is 5.11. The van der Waals surface area contributed by atoms with Gasteiger partial charge in [0.2, 0.25) is 0 Å². The monoisotopic (exact) mass is 386 g/mol. The van der Waals surface area contributed by atoms with Crippen molar-refractivity contribution in [2.45, 2.75) is 19.8 Å². The van der Waals surface area contributed by atoms with Crippen LogP contribution in [0.2, 0.25) is 0 Å². The van der Waals surface area contributed by atoms with E-state index in [9.17, 15) is 0 Å². The number of halogens is 2. The topological polar surface area (TPSA) is 0 Å². The highest BCUT2D eigenvalue weighted by Crippen LogP contribution is 2.21. The number of hydrogen-bond acceptors (Lipinski definition) is 0. The first-order chi connectivity index (χ1) is 5.65. The molecule has 66 valence electrons. The predicted octanol–water partition coefficient (Wildman–Crippen LogP) is 4.14. The molecule has 0 aliphatic rings. The lowest BCUT2D eigenvalue weighted by atomic mass is 10.0. The average Bonchev–Trinajstić information content (AvgIpc) is 2.08. The summed E-state index contributed by atoms with van der Waals surface area (Å²) in [6.45, 7) is 4.44. The van der Waals surface area contributed by atoms with Gasteiger partial charge in [-0.25, -0.2) is 0 Å². The largest absolute Gasteiger partial charge is 0.0857 e. The summed E-state index contributed by atoms with van der Waals surface area (Å²) in [5, 5.41) is 0. The smallest absolute Gasteiger partial charge is 0.0159 e. The van der Waals surface area contributed by atoms with Crippen molar-refractivity contribution in [1.82, 2.24) is 0 Å². The van der Waals surface area contributed by atoms with Gasteiger partial charge in [0.15, 0.2) is 0 Å². The maximum Gasteiger partial charge on any atom is 0.0159 e. The fourth-order valence-electron chi connectivity index (χ4n) is 1.06. The number of benzene rings is 1. The molecule has 12 heavy (non-hydrogen) atoms. The van der Waals surface area contributed by atoms with Gasteiger partial charge in [0.25, 0.3) is 0 Å². The SMILES string of the molecule is Cc1cc(C(C)CI)ccc1I. The van der Waals surface area contributed by atoms with E-state index in [0.29, 0.717) is 5.92 Å². The molecule has 0 fully saturated rings. The minimum atomic E-state index is 0.682. The van der Waals surface area contributed by atoms with Gasteiger partial charge in [0.1, 0.15) is 0 Å². The lowest BCUT2D eigenvalue weighted by Crippen LogP contribution is -1.95. The first-order valence-electron chi connectivity index (χ1n) is 3.97. The normalized spacial score (nSPS) is 13.0. The van der Waals surface area contributed by atoms with Gasteiger partial charge in [0, 0.05) is 8.00 Å². The molecule has 0 aromatic heterocycles. The molecule has 0 bridgehead atoms. The zero-order valence-corrected chi connectivity index (χ0v) is 11.6. The predicted molar refractivity (Wildman–Crippen MR) is 71.2 cm³/mol. The van der Waals surface area contributed by atoms with E-state index in [4.69, 9.17) is 0 Å². The Balaban J connectivity index is 2.96. The van der Waals surface area contributed by atoms with Crippen molar-refractivity contribution >= 4 is 45.2 Å². The quantitative estimate of drug-likeness (QED) is 0.530. The van der Waals surface area contributed by atoms with E-state index >= 15 is 0 Å². The Labute approximate surface area is 101 Å². The van der Waals surface area contributed by atoms with Crippen LogP contribution in [-0.2, 0) is 0 Å². The third kappa shape index (κ3) is 2.58. The molecule has 0 aliphatic carbocycles. The van der Waals surface area contributed by atoms with Crippen LogP contribution in [0.15, 0.2) is 18.2 Å². The summed E-state index contributed by atoms with van der Waals surface area (Å²) in [6.07, 6.45) is 0. The highest BCUT2D eigenvalue weighted by molar-refractivity contribution is 14.1. The molecule has 1 unspecified atom stereocenters. The summed E-state index contributed by atoms with van der Waals surface area (Å²) in [7, 11) is 0. The molecule has 1 rings (SSSR count). The second kappa shape index (κ2) is 4.79. The number of rotatable bonds is 2. The molecule has 0 N–H and O–H groups in total. The van der Waals surface area contributed by atoms with E-state index in [1.165, 1.54) is 19.1 Å². The Bertz CT molecular complexity index is 269. The fourth-order valence-corrected chi connectivity index (χ4v) is 1.91. The van der Waals surface area contributed by atoms with E-state index < -0.39 is 0 Å². The summed E-state index contributed by atoms with van der Waals surface area (Å²) in [5.41, 5.74) is 2.85. The van der Waals surface area contributed by atoms with E-state index in [0.717, 1.165) is 0 Å². The van der Waals surface area contributed by atoms with Gasteiger partial charge in [-0.3, -0.25) is 0 Å². The van der Waals surface area contributed by atoms with Crippen LogP contribution in [-0.4, -0.2) is 4.43 Å². The molecule has 0 aliphatic heterocycles. The van der Waals surface area contributed by atoms with E-state index in [1.54, 1.807) is 0 Å². The molecule has 0 amide bonds. The molecule has 1 atom stereocenters. The molecule has 0 heterocycles. The molecule has 0 saturated heterocycles. The van der Waals surface area contributed by atoms with Crippen LogP contribution in [0.4, 0.5) is 0 Å². The first-order valence-corrected chi connectivity index (χ1v) is 6.57. The second-order valence-electron chi connectivity index (χ2n) is 3.06. The van der Waals surface area contributed by atoms with Crippen LogP contribution in [0, 0.1) is 10.5 Å². The van der Waals surface area contributed by atoms with Crippen LogP contribution in [0.3, 0.4) is 0 Å². The fraction of sp³-hybridized carbons (Fsp3) is 0.400. The van der Waals surface area contributed by atoms with Gasteiger partial charge in [-0.2, -0.15) is 0 Å². The third-order valence-electron chi connectivity index (χ3n) is 1.98. The number of hydrogen-bond donors (Lipinski definition) is 0. The summed E-state index contributed by atoms with van der Waals surface area (Å²) >= 11 is 4.81. The Hall–Kier alpha value is 0.680. The Morgan fingerprint density at radius 2 is 2.08 bits per heavy atom. The maximum absolute atomic E-state index is 2.44. The van der Waals surface area contributed by atoms with Crippen molar-refractivity contribution in [2.75, 3.05) is 4.43 Å². The van der Waals surface area contributed by atoms with Crippen molar-refractivity contribution in [3.63, 3.8) is 0 Å². The summed E-state index contributed by atoms with van der Waals surface area (Å²) in [5.74, 6) is 0.682. The average molecular weight is 386 g/mol. The third-order valence-corrected chi connectivity index (χ3v) is 4.51. The molecule has 0 nitrogen and oxygen atoms in total. The number of aryl methyl sites for hydroxylation is 1. The van der Waals surface area contributed by atoms with Crippen molar-refractivity contribution < 1.29 is 0 Å². The van der Waals surface area contributed by atoms with E-state index in [1.807, 2.05) is 0 Å². The van der Waals surface area contributed by atoms with Crippen LogP contribution in [0.1, 0.15) is 24.0 Å². The van der Waals surface area contributed by atoms with Crippen LogP contribution >= 0.6 is 45.2 Å². The van der Waals surface area contributed by atoms with E-state index in [2.05, 4.69) is 77.2 Å². The summed E-state index contributed by atoms with van der Waals surface area (Å²) < 4.78 is 2.55. The molecule has 1 aromatic rings. The zero-order valence-electron chi connectivity index (χ0n) is 7.27. The first kappa shape index (κ1) is 10.8. The molecular weight excluding hydrogens is 374 g/mol. The Morgan fingerprint density at radius 1 is 1.42 bits per heavy atom. The van der Waals surface area contributed by atoms with Gasteiger partial charge in [0.05, 0.1) is 0 Å². The minimum Gasteiger partial charge on any atom is -0.0857 e. The van der Waals surface area contributed by atoms with Gasteiger partial charge in [-0.1, -0.05) is 41.6 Å². The maximum atomic E-state index is 2.44. The Kier molecular flexibility index (Phi) is 4.29. The van der Waals surface area contributed by atoms with Crippen molar-refractivity contribution in [3.8, 4) is 0 Å². The highest BCUT2D eigenvalue weighted by Gasteiger charge is 2.04. The number of alkyl halides is 1. The zero-order chi connectivity index (χ0) is 9.14. The lowest BCUT2D eigenvalue weighted by Gasteiger charge is -2.09. The molecule has 0 spiro atoms. The summed E-state index contributed by atoms with van der Waals surface area (Å²) in [4.78, 5) is 0. The highest BCUT2D eigenvalue weighted by atomic mass is 127. The summed E-state index contributed by atoms with van der Waals surface area (Å²) in [6, 6.07) is 6.73. The molecule has 1 aromatic carbocycles. The molecule has 2 heteroatoms. The van der Waals surface area contributed by atoms with Crippen molar-refractivity contribution in [2.24, 2.45) is 0 Å². The molecular formula is C10H12I2. The van der Waals surface area contributed by atoms with Crippen molar-refractivity contribution in [1.29, 1.82) is 0 Å². The Morgan fingerprint density at radius 3 is 2.58 bits per heavy atom. The van der Waals surface area contributed by atoms with Crippen LogP contribution in [0.5, 0.6) is 0 Å². The van der Waals surface area contributed by atoms with Crippen LogP contribution < -0.4 is 0 Å². The van der Waals surface area contributed by atoms with E-state index in [-0.39, 0.29) is 0 Å². The van der Waals surface area contributed by atoms with Gasteiger partial charge in [-0.05, 0) is 52.6 Å². The van der Waals surface area contributed by atoms with Crippen LogP contribution in [0.25, 0.3) is 0 Å². The van der Waals surface area contributed by atoms with Crippen molar-refractivity contribution in [3.05, 3.63) is 32.9 Å². The van der Waals surface area contributed by atoms with Gasteiger partial charge < -0.3 is 0 Å². The van der Waals surface area contributed by atoms with Gasteiger partial charge in [-0.15, -0.1) is 0 Å². The molecule has 0 saturated carbocycles. The lowest BCUT2D eigenvalue weighted by molar-refractivity contribution is 0.892. The minimum absolute atomic E-state index is 0.682. The van der Waals surface area contributed by atoms with Gasteiger partial charge >= 0.3 is 0 Å².